The second-order valence-corrected chi connectivity index (χ2v) is 10.0. The van der Waals surface area contributed by atoms with Crippen LogP contribution in [0.2, 0.25) is 0 Å². The number of hydrogen-bond acceptors (Lipinski definition) is 6. The molecule has 34 heavy (non-hydrogen) atoms. The van der Waals surface area contributed by atoms with Gasteiger partial charge in [-0.15, -0.1) is 0 Å². The van der Waals surface area contributed by atoms with E-state index in [4.69, 9.17) is 9.47 Å². The first kappa shape index (κ1) is 25.9. The summed E-state index contributed by atoms with van der Waals surface area (Å²) in [6.07, 6.45) is 0.484. The van der Waals surface area contributed by atoms with E-state index >= 15 is 0 Å². The number of methoxy groups -OCH3 is 1. The molecule has 0 fully saturated rings. The molecule has 0 bridgehead atoms. The van der Waals surface area contributed by atoms with Gasteiger partial charge < -0.3 is 9.47 Å². The van der Waals surface area contributed by atoms with Crippen molar-refractivity contribution in [2.75, 3.05) is 20.1 Å². The molecule has 0 heterocycles. The normalized spacial score (nSPS) is 11.5. The van der Waals surface area contributed by atoms with Crippen molar-refractivity contribution in [1.29, 1.82) is 0 Å². The van der Waals surface area contributed by atoms with Crippen LogP contribution in [0.5, 0.6) is 5.75 Å². The van der Waals surface area contributed by atoms with Crippen LogP contribution in [0.3, 0.4) is 0 Å². The van der Waals surface area contributed by atoms with Gasteiger partial charge in [-0.25, -0.2) is 4.39 Å². The molecule has 0 aliphatic carbocycles. The van der Waals surface area contributed by atoms with E-state index in [-0.39, 0.29) is 12.6 Å². The Morgan fingerprint density at radius 2 is 1.53 bits per heavy atom. The smallest absolute Gasteiger partial charge is 0.411 e. The van der Waals surface area contributed by atoms with Gasteiger partial charge in [-0.3, -0.25) is 4.79 Å². The molecule has 0 radical (unpaired) electrons. The number of carbonyl (C=O) groups is 1. The highest BCUT2D eigenvalue weighted by Gasteiger charge is 2.34. The quantitative estimate of drug-likeness (QED) is 0.221. The van der Waals surface area contributed by atoms with Crippen LogP contribution in [0, 0.1) is 19.7 Å². The Kier molecular flexibility index (Phi) is 8.52. The maximum absolute atomic E-state index is 13.3. The lowest BCUT2D eigenvalue weighted by Gasteiger charge is -2.16. The molecule has 0 saturated heterocycles. The number of Topliss-reactive ketones (excluding diaryl/α,β-unsaturated/α-hetero) is 1. The fourth-order valence-corrected chi connectivity index (χ4v) is 4.46. The van der Waals surface area contributed by atoms with Crippen molar-refractivity contribution in [3.8, 4) is 5.75 Å². The van der Waals surface area contributed by atoms with Crippen molar-refractivity contribution in [2.45, 2.75) is 26.7 Å². The van der Waals surface area contributed by atoms with Crippen LogP contribution in [-0.4, -0.2) is 40.5 Å². The Labute approximate surface area is 199 Å². The first-order valence-corrected chi connectivity index (χ1v) is 12.6. The van der Waals surface area contributed by atoms with Gasteiger partial charge in [0.05, 0.1) is 0 Å². The Hall–Kier alpha value is -2.67. The van der Waals surface area contributed by atoms with Crippen molar-refractivity contribution in [1.82, 2.24) is 0 Å². The summed E-state index contributed by atoms with van der Waals surface area (Å²) in [5.74, 6) is -0.112. The molecule has 0 spiro atoms. The van der Waals surface area contributed by atoms with E-state index in [9.17, 15) is 23.9 Å². The Morgan fingerprint density at radius 3 is 2.12 bits per heavy atom. The largest absolute Gasteiger partial charge is 0.467 e. The predicted molar refractivity (Wildman–Crippen MR) is 130 cm³/mol. The van der Waals surface area contributed by atoms with Crippen LogP contribution in [0.15, 0.2) is 54.6 Å². The second kappa shape index (κ2) is 11.2. The average molecular weight is 487 g/mol. The topological polar surface area (TPSA) is 96.2 Å². The fraction of sp³-hybridized carbons (Fsp3) is 0.269. The van der Waals surface area contributed by atoms with Crippen LogP contribution in [0.25, 0.3) is 0 Å². The number of ether oxygens (including phenoxy) is 2. The first-order chi connectivity index (χ1) is 16.1. The highest BCUT2D eigenvalue weighted by atomic mass is 31.2. The van der Waals surface area contributed by atoms with Crippen molar-refractivity contribution in [3.05, 3.63) is 99.4 Å². The number of ketones is 1. The molecule has 6 nitrogen and oxygen atoms in total. The van der Waals surface area contributed by atoms with Gasteiger partial charge in [-0.1, -0.05) is 24.3 Å². The van der Waals surface area contributed by atoms with Crippen molar-refractivity contribution >= 4 is 13.7 Å². The molecule has 8 heteroatoms. The molecule has 0 aliphatic rings. The van der Waals surface area contributed by atoms with Gasteiger partial charge >= 0.3 is 7.94 Å². The van der Waals surface area contributed by atoms with Crippen LogP contribution < -0.4 is 4.74 Å². The Bertz CT molecular complexity index is 1130. The summed E-state index contributed by atoms with van der Waals surface area (Å²) < 4.78 is 24.1. The zero-order valence-electron chi connectivity index (χ0n) is 19.4. The van der Waals surface area contributed by atoms with Crippen LogP contribution >= 0.6 is 7.94 Å². The molecule has 0 unspecified atom stereocenters. The summed E-state index contributed by atoms with van der Waals surface area (Å²) >= 11 is 0. The van der Waals surface area contributed by atoms with Gasteiger partial charge in [0.2, 0.25) is 11.9 Å². The zero-order chi connectivity index (χ0) is 24.9. The van der Waals surface area contributed by atoms with Gasteiger partial charge in [0.25, 0.3) is 0 Å². The average Bonchev–Trinajstić information content (AvgIpc) is 2.76. The molecule has 0 saturated carbocycles. The lowest BCUT2D eigenvalue weighted by molar-refractivity contribution is 0.0505. The Balaban J connectivity index is 1.88. The molecular formula is C26H29FO6P+. The standard InChI is InChI=1S/C26H29FO6P/c1-17-10-21(25(28)15-34(29,30)31)11-18(2)24(17)14-20-6-9-26(33-16-32-3)22(13-20)12-19-4-7-23(27)8-5-19/h4-11,13,29-31H,12,14-16H2,1-3H3/q+1. The van der Waals surface area contributed by atoms with E-state index in [2.05, 4.69) is 6.07 Å². The fourth-order valence-electron chi connectivity index (χ4n) is 3.89. The summed E-state index contributed by atoms with van der Waals surface area (Å²) in [5, 5.41) is 0. The Morgan fingerprint density at radius 1 is 0.912 bits per heavy atom. The van der Waals surface area contributed by atoms with Crippen molar-refractivity contribution in [3.63, 3.8) is 0 Å². The minimum atomic E-state index is -4.18. The first-order valence-electron chi connectivity index (χ1n) is 10.7. The van der Waals surface area contributed by atoms with Gasteiger partial charge in [0.1, 0.15) is 11.6 Å². The highest BCUT2D eigenvalue weighted by Crippen LogP contribution is 2.44. The highest BCUT2D eigenvalue weighted by molar-refractivity contribution is 7.59. The molecule has 0 aromatic heterocycles. The van der Waals surface area contributed by atoms with Crippen LogP contribution in [0.4, 0.5) is 4.39 Å². The van der Waals surface area contributed by atoms with Crippen LogP contribution in [-0.2, 0) is 17.6 Å². The molecule has 3 aromatic rings. The van der Waals surface area contributed by atoms with E-state index in [1.54, 1.807) is 31.4 Å². The van der Waals surface area contributed by atoms with Gasteiger partial charge in [-0.2, -0.15) is 14.7 Å². The number of carbonyl (C=O) groups excluding carboxylic acids is 1. The van der Waals surface area contributed by atoms with Crippen molar-refractivity contribution in [2.24, 2.45) is 0 Å². The molecule has 0 aliphatic heterocycles. The van der Waals surface area contributed by atoms with Gasteiger partial charge in [-0.05, 0) is 84.0 Å². The van der Waals surface area contributed by atoms with E-state index in [0.717, 1.165) is 33.4 Å². The maximum atomic E-state index is 13.3. The third kappa shape index (κ3) is 7.16. The molecule has 0 amide bonds. The summed E-state index contributed by atoms with van der Waals surface area (Å²) in [6, 6.07) is 15.7. The minimum absolute atomic E-state index is 0.114. The molecule has 3 rings (SSSR count). The zero-order valence-corrected chi connectivity index (χ0v) is 20.3. The van der Waals surface area contributed by atoms with Gasteiger partial charge in [0, 0.05) is 19.1 Å². The van der Waals surface area contributed by atoms with E-state index in [0.29, 0.717) is 24.2 Å². The third-order valence-electron chi connectivity index (χ3n) is 5.52. The summed E-state index contributed by atoms with van der Waals surface area (Å²) in [7, 11) is -2.62. The number of rotatable bonds is 10. The number of halogens is 1. The number of aryl methyl sites for hydroxylation is 2. The van der Waals surface area contributed by atoms with Crippen LogP contribution in [0.1, 0.15) is 43.7 Å². The third-order valence-corrected chi connectivity index (χ3v) is 6.23. The van der Waals surface area contributed by atoms with Crippen molar-refractivity contribution < 1.29 is 33.3 Å². The SMILES string of the molecule is COCOc1ccc(Cc2c(C)cc(C(=O)C[P+](O)(O)O)cc2C)cc1Cc1ccc(F)cc1. The number of hydrogen-bond donors (Lipinski definition) is 3. The molecule has 3 aromatic carbocycles. The predicted octanol–water partition coefficient (Wildman–Crippen LogP) is 4.53. The number of benzene rings is 3. The lowest BCUT2D eigenvalue weighted by Crippen LogP contribution is -2.11. The van der Waals surface area contributed by atoms with E-state index < -0.39 is 19.9 Å². The molecule has 180 valence electrons. The molecule has 3 N–H and O–H groups in total. The minimum Gasteiger partial charge on any atom is -0.467 e. The second-order valence-electron chi connectivity index (χ2n) is 8.34. The summed E-state index contributed by atoms with van der Waals surface area (Å²) in [5.41, 5.74) is 6.09. The monoisotopic (exact) mass is 487 g/mol. The maximum Gasteiger partial charge on any atom is 0.411 e. The summed E-state index contributed by atoms with van der Waals surface area (Å²) in [6.45, 7) is 3.91. The van der Waals surface area contributed by atoms with E-state index in [1.807, 2.05) is 26.0 Å². The molecular weight excluding hydrogens is 458 g/mol. The summed E-state index contributed by atoms with van der Waals surface area (Å²) in [4.78, 5) is 40.0. The van der Waals surface area contributed by atoms with E-state index in [1.165, 1.54) is 12.1 Å². The van der Waals surface area contributed by atoms with Gasteiger partial charge in [0.15, 0.2) is 6.79 Å². The molecule has 0 atom stereocenters. The lowest BCUT2D eigenvalue weighted by atomic mass is 9.92.